The first-order valence-corrected chi connectivity index (χ1v) is 6.93. The fourth-order valence-corrected chi connectivity index (χ4v) is 3.68. The number of rotatable bonds is 2. The molecule has 0 saturated carbocycles. The average Bonchev–Trinajstić information content (AvgIpc) is 2.91. The number of hydrogen-bond donors (Lipinski definition) is 1. The van der Waals surface area contributed by atoms with Crippen LogP contribution in [0.1, 0.15) is 36.9 Å². The summed E-state index contributed by atoms with van der Waals surface area (Å²) < 4.78 is 13.2. The van der Waals surface area contributed by atoms with Gasteiger partial charge >= 0.3 is 0 Å². The second-order valence-electron chi connectivity index (χ2n) is 5.78. The van der Waals surface area contributed by atoms with Crippen LogP contribution in [0.2, 0.25) is 0 Å². The van der Waals surface area contributed by atoms with Crippen LogP contribution in [0.3, 0.4) is 0 Å². The molecule has 1 aliphatic carbocycles. The van der Waals surface area contributed by atoms with E-state index in [0.29, 0.717) is 18.0 Å². The highest BCUT2D eigenvalue weighted by Crippen LogP contribution is 2.40. The minimum atomic E-state index is -0.108. The third-order valence-corrected chi connectivity index (χ3v) is 4.59. The van der Waals surface area contributed by atoms with Crippen molar-refractivity contribution >= 4 is 0 Å². The summed E-state index contributed by atoms with van der Waals surface area (Å²) in [7, 11) is 0. The van der Waals surface area contributed by atoms with Gasteiger partial charge < -0.3 is 5.73 Å². The molecule has 2 aliphatic rings. The van der Waals surface area contributed by atoms with Crippen LogP contribution in [0.15, 0.2) is 18.2 Å². The maximum Gasteiger partial charge on any atom is 0.123 e. The predicted molar refractivity (Wildman–Crippen MR) is 70.8 cm³/mol. The van der Waals surface area contributed by atoms with Crippen LogP contribution in [-0.2, 0) is 6.42 Å². The van der Waals surface area contributed by atoms with Crippen molar-refractivity contribution in [1.82, 2.24) is 4.90 Å². The minimum Gasteiger partial charge on any atom is -0.330 e. The number of hydrogen-bond acceptors (Lipinski definition) is 2. The molecule has 3 atom stereocenters. The summed E-state index contributed by atoms with van der Waals surface area (Å²) in [6, 6.07) is 6.35. The first-order valence-electron chi connectivity index (χ1n) is 6.93. The lowest BCUT2D eigenvalue weighted by Gasteiger charge is -2.29. The van der Waals surface area contributed by atoms with E-state index in [2.05, 4.69) is 11.8 Å². The Morgan fingerprint density at radius 2 is 2.28 bits per heavy atom. The van der Waals surface area contributed by atoms with Crippen LogP contribution in [-0.4, -0.2) is 24.0 Å². The van der Waals surface area contributed by atoms with Gasteiger partial charge in [-0.3, -0.25) is 4.90 Å². The Morgan fingerprint density at radius 1 is 1.44 bits per heavy atom. The number of likely N-dealkylation sites (tertiary alicyclic amines) is 1. The van der Waals surface area contributed by atoms with Crippen molar-refractivity contribution in [3.63, 3.8) is 0 Å². The van der Waals surface area contributed by atoms with Gasteiger partial charge in [-0.05, 0) is 61.9 Å². The molecule has 18 heavy (non-hydrogen) atoms. The van der Waals surface area contributed by atoms with Crippen molar-refractivity contribution in [3.05, 3.63) is 35.1 Å². The van der Waals surface area contributed by atoms with Crippen molar-refractivity contribution in [2.75, 3.05) is 13.1 Å². The molecule has 3 heteroatoms. The zero-order chi connectivity index (χ0) is 12.7. The van der Waals surface area contributed by atoms with Gasteiger partial charge in [-0.25, -0.2) is 4.39 Å². The average molecular weight is 248 g/mol. The lowest BCUT2D eigenvalue weighted by atomic mass is 10.1. The largest absolute Gasteiger partial charge is 0.330 e. The van der Waals surface area contributed by atoms with Gasteiger partial charge in [-0.2, -0.15) is 0 Å². The van der Waals surface area contributed by atoms with E-state index in [0.717, 1.165) is 25.9 Å². The topological polar surface area (TPSA) is 29.3 Å². The molecule has 2 N–H and O–H groups in total. The minimum absolute atomic E-state index is 0.108. The first-order chi connectivity index (χ1) is 8.69. The van der Waals surface area contributed by atoms with Crippen LogP contribution in [0.25, 0.3) is 0 Å². The molecule has 1 heterocycles. The normalized spacial score (nSPS) is 31.8. The van der Waals surface area contributed by atoms with E-state index in [4.69, 9.17) is 5.73 Å². The molecule has 0 spiro atoms. The van der Waals surface area contributed by atoms with Crippen LogP contribution in [0.5, 0.6) is 0 Å². The molecule has 0 bridgehead atoms. The Hall–Kier alpha value is -0.930. The standard InChI is InChI=1S/C15H21FN2/c1-10-6-11(8-17)9-18(10)15-5-2-12-7-13(16)3-4-14(12)15/h3-4,7,10-11,15H,2,5-6,8-9,17H2,1H3. The molecule has 1 aliphatic heterocycles. The fourth-order valence-electron chi connectivity index (χ4n) is 3.68. The van der Waals surface area contributed by atoms with Crippen molar-refractivity contribution in [2.24, 2.45) is 11.7 Å². The van der Waals surface area contributed by atoms with Crippen molar-refractivity contribution in [2.45, 2.75) is 38.3 Å². The Labute approximate surface area is 108 Å². The maximum absolute atomic E-state index is 13.2. The van der Waals surface area contributed by atoms with E-state index < -0.39 is 0 Å². The maximum atomic E-state index is 13.2. The summed E-state index contributed by atoms with van der Waals surface area (Å²) in [6.45, 7) is 4.17. The molecule has 1 fully saturated rings. The molecule has 2 nitrogen and oxygen atoms in total. The van der Waals surface area contributed by atoms with Crippen LogP contribution < -0.4 is 5.73 Å². The van der Waals surface area contributed by atoms with Crippen molar-refractivity contribution < 1.29 is 4.39 Å². The Balaban J connectivity index is 1.84. The smallest absolute Gasteiger partial charge is 0.123 e. The first kappa shape index (κ1) is 12.1. The molecule has 1 saturated heterocycles. The van der Waals surface area contributed by atoms with E-state index in [1.54, 1.807) is 12.1 Å². The lowest BCUT2D eigenvalue weighted by molar-refractivity contribution is 0.187. The van der Waals surface area contributed by atoms with E-state index in [-0.39, 0.29) is 5.82 Å². The third kappa shape index (κ3) is 1.95. The molecule has 1 aromatic carbocycles. The molecule has 0 radical (unpaired) electrons. The van der Waals surface area contributed by atoms with Gasteiger partial charge in [0.25, 0.3) is 0 Å². The number of aryl methyl sites for hydroxylation is 1. The predicted octanol–water partition coefficient (Wildman–Crippen LogP) is 2.48. The Kier molecular flexibility index (Phi) is 3.12. The summed E-state index contributed by atoms with van der Waals surface area (Å²) in [5.74, 6) is 0.521. The molecule has 3 rings (SSSR count). The van der Waals surface area contributed by atoms with Gasteiger partial charge in [0, 0.05) is 18.6 Å². The molecular weight excluding hydrogens is 227 g/mol. The Morgan fingerprint density at radius 3 is 3.00 bits per heavy atom. The summed E-state index contributed by atoms with van der Waals surface area (Å²) in [6.07, 6.45) is 3.33. The monoisotopic (exact) mass is 248 g/mol. The number of benzene rings is 1. The highest BCUT2D eigenvalue weighted by Gasteiger charge is 2.36. The van der Waals surface area contributed by atoms with Gasteiger partial charge in [-0.1, -0.05) is 6.07 Å². The lowest BCUT2D eigenvalue weighted by Crippen LogP contribution is -2.31. The van der Waals surface area contributed by atoms with Crippen molar-refractivity contribution in [1.29, 1.82) is 0 Å². The van der Waals surface area contributed by atoms with Gasteiger partial charge in [0.1, 0.15) is 5.82 Å². The van der Waals surface area contributed by atoms with Gasteiger partial charge in [0.15, 0.2) is 0 Å². The van der Waals surface area contributed by atoms with Crippen molar-refractivity contribution in [3.8, 4) is 0 Å². The van der Waals surface area contributed by atoms with Crippen LogP contribution >= 0.6 is 0 Å². The van der Waals surface area contributed by atoms with E-state index in [1.165, 1.54) is 17.5 Å². The number of nitrogens with two attached hydrogens (primary N) is 1. The molecule has 0 amide bonds. The fraction of sp³-hybridized carbons (Fsp3) is 0.600. The molecule has 3 unspecified atom stereocenters. The van der Waals surface area contributed by atoms with Gasteiger partial charge in [0.05, 0.1) is 0 Å². The summed E-state index contributed by atoms with van der Waals surface area (Å²) in [4.78, 5) is 2.57. The molecular formula is C15H21FN2. The highest BCUT2D eigenvalue weighted by molar-refractivity contribution is 5.35. The van der Waals surface area contributed by atoms with E-state index in [9.17, 15) is 4.39 Å². The summed E-state index contributed by atoms with van der Waals surface area (Å²) in [5, 5.41) is 0. The van der Waals surface area contributed by atoms with Gasteiger partial charge in [0.2, 0.25) is 0 Å². The van der Waals surface area contributed by atoms with Crippen LogP contribution in [0, 0.1) is 11.7 Å². The zero-order valence-corrected chi connectivity index (χ0v) is 10.9. The third-order valence-electron chi connectivity index (χ3n) is 4.59. The SMILES string of the molecule is CC1CC(CN)CN1C1CCc2cc(F)ccc21. The van der Waals surface area contributed by atoms with Crippen LogP contribution in [0.4, 0.5) is 4.39 Å². The quantitative estimate of drug-likeness (QED) is 0.871. The molecule has 0 aromatic heterocycles. The molecule has 1 aromatic rings. The second-order valence-corrected chi connectivity index (χ2v) is 5.78. The van der Waals surface area contributed by atoms with E-state index >= 15 is 0 Å². The van der Waals surface area contributed by atoms with E-state index in [1.807, 2.05) is 6.07 Å². The summed E-state index contributed by atoms with van der Waals surface area (Å²) in [5.41, 5.74) is 8.33. The molecule has 98 valence electrons. The zero-order valence-electron chi connectivity index (χ0n) is 10.9. The Bertz CT molecular complexity index is 446. The highest BCUT2D eigenvalue weighted by atomic mass is 19.1. The number of nitrogens with zero attached hydrogens (tertiary/aromatic N) is 1. The second kappa shape index (κ2) is 4.63. The summed E-state index contributed by atoms with van der Waals surface area (Å²) >= 11 is 0. The number of halogens is 1. The number of fused-ring (bicyclic) bond motifs is 1. The van der Waals surface area contributed by atoms with Gasteiger partial charge in [-0.15, -0.1) is 0 Å².